The number of rotatable bonds is 6. The van der Waals surface area contributed by atoms with Gasteiger partial charge in [0, 0.05) is 11.4 Å². The van der Waals surface area contributed by atoms with Gasteiger partial charge in [0.25, 0.3) is 5.56 Å². The normalized spacial score (nSPS) is 12.0. The molecule has 23 heavy (non-hydrogen) atoms. The zero-order valence-electron chi connectivity index (χ0n) is 13.2. The molecule has 0 spiro atoms. The fraction of sp³-hybridized carbons (Fsp3) is 0.400. The van der Waals surface area contributed by atoms with Crippen LogP contribution >= 0.6 is 0 Å². The van der Waals surface area contributed by atoms with Crippen LogP contribution in [0.4, 0.5) is 0 Å². The standard InChI is InChI=1S/C15H19N3O5/c1-9(8-19)17-12(20)7-18-15(21)13-10(6-16-18)4-5-11(22-2)14(13)23-3/h4-6,9,19H,7-8H2,1-3H3,(H,17,20)/t9-/m1/s1. The maximum atomic E-state index is 12.6. The number of fused-ring (bicyclic) bond motifs is 1. The Kier molecular flexibility index (Phi) is 5.17. The van der Waals surface area contributed by atoms with Crippen LogP contribution in [0.1, 0.15) is 6.92 Å². The van der Waals surface area contributed by atoms with E-state index in [0.717, 1.165) is 4.68 Å². The smallest absolute Gasteiger partial charge is 0.279 e. The van der Waals surface area contributed by atoms with Crippen molar-refractivity contribution in [1.82, 2.24) is 15.1 Å². The van der Waals surface area contributed by atoms with Crippen molar-refractivity contribution in [3.8, 4) is 11.5 Å². The zero-order valence-corrected chi connectivity index (χ0v) is 13.2. The van der Waals surface area contributed by atoms with Crippen molar-refractivity contribution in [1.29, 1.82) is 0 Å². The maximum Gasteiger partial charge on any atom is 0.279 e. The third-order valence-electron chi connectivity index (χ3n) is 3.34. The first kappa shape index (κ1) is 16.8. The fourth-order valence-electron chi connectivity index (χ4n) is 2.20. The summed E-state index contributed by atoms with van der Waals surface area (Å²) < 4.78 is 11.5. The van der Waals surface area contributed by atoms with Gasteiger partial charge in [0.1, 0.15) is 6.54 Å². The first-order valence-corrected chi connectivity index (χ1v) is 7.02. The minimum atomic E-state index is -0.454. The van der Waals surface area contributed by atoms with Crippen LogP contribution in [0.25, 0.3) is 10.8 Å². The lowest BCUT2D eigenvalue weighted by molar-refractivity contribution is -0.122. The molecule has 0 radical (unpaired) electrons. The van der Waals surface area contributed by atoms with E-state index in [0.29, 0.717) is 22.3 Å². The van der Waals surface area contributed by atoms with E-state index >= 15 is 0 Å². The molecule has 0 saturated heterocycles. The van der Waals surface area contributed by atoms with Crippen molar-refractivity contribution < 1.29 is 19.4 Å². The molecule has 124 valence electrons. The molecule has 8 nitrogen and oxygen atoms in total. The Morgan fingerprint density at radius 1 is 1.39 bits per heavy atom. The number of carbonyl (C=O) groups excluding carboxylic acids is 1. The number of aliphatic hydroxyl groups is 1. The molecule has 0 saturated carbocycles. The second kappa shape index (κ2) is 7.10. The summed E-state index contributed by atoms with van der Waals surface area (Å²) in [4.78, 5) is 24.5. The van der Waals surface area contributed by atoms with Gasteiger partial charge < -0.3 is 19.9 Å². The number of amides is 1. The number of nitrogens with zero attached hydrogens (tertiary/aromatic N) is 2. The average molecular weight is 321 g/mol. The molecule has 0 fully saturated rings. The lowest BCUT2D eigenvalue weighted by atomic mass is 10.1. The third-order valence-corrected chi connectivity index (χ3v) is 3.34. The summed E-state index contributed by atoms with van der Waals surface area (Å²) in [6.45, 7) is 1.22. The largest absolute Gasteiger partial charge is 0.493 e. The Morgan fingerprint density at radius 2 is 2.13 bits per heavy atom. The molecule has 2 aromatic rings. The van der Waals surface area contributed by atoms with Crippen LogP contribution in [0.2, 0.25) is 0 Å². The van der Waals surface area contributed by atoms with Crippen LogP contribution in [0, 0.1) is 0 Å². The number of ether oxygens (including phenoxy) is 2. The fourth-order valence-corrected chi connectivity index (χ4v) is 2.20. The van der Waals surface area contributed by atoms with Crippen molar-refractivity contribution in [2.24, 2.45) is 0 Å². The second-order valence-corrected chi connectivity index (χ2v) is 5.02. The van der Waals surface area contributed by atoms with Crippen LogP contribution in [-0.2, 0) is 11.3 Å². The average Bonchev–Trinajstić information content (AvgIpc) is 2.56. The van der Waals surface area contributed by atoms with Gasteiger partial charge in [-0.05, 0) is 19.1 Å². The van der Waals surface area contributed by atoms with Crippen LogP contribution in [0.3, 0.4) is 0 Å². The van der Waals surface area contributed by atoms with Gasteiger partial charge in [0.15, 0.2) is 11.5 Å². The molecule has 0 aliphatic carbocycles. The van der Waals surface area contributed by atoms with E-state index in [-0.39, 0.29) is 13.2 Å². The lowest BCUT2D eigenvalue weighted by Gasteiger charge is -2.13. The van der Waals surface area contributed by atoms with Gasteiger partial charge >= 0.3 is 0 Å². The van der Waals surface area contributed by atoms with Gasteiger partial charge in [-0.15, -0.1) is 0 Å². The Morgan fingerprint density at radius 3 is 2.74 bits per heavy atom. The highest BCUT2D eigenvalue weighted by Gasteiger charge is 2.16. The number of aliphatic hydroxyl groups excluding tert-OH is 1. The lowest BCUT2D eigenvalue weighted by Crippen LogP contribution is -2.39. The quantitative estimate of drug-likeness (QED) is 0.771. The molecule has 0 bridgehead atoms. The molecular weight excluding hydrogens is 302 g/mol. The summed E-state index contributed by atoms with van der Waals surface area (Å²) in [5, 5.41) is 16.4. The number of methoxy groups -OCH3 is 2. The first-order chi connectivity index (χ1) is 11.0. The molecule has 0 aliphatic rings. The molecule has 2 rings (SSSR count). The second-order valence-electron chi connectivity index (χ2n) is 5.02. The number of carbonyl (C=O) groups is 1. The predicted octanol–water partition coefficient (Wildman–Crippen LogP) is -0.0893. The van der Waals surface area contributed by atoms with Crippen molar-refractivity contribution in [2.45, 2.75) is 19.5 Å². The molecule has 0 unspecified atom stereocenters. The van der Waals surface area contributed by atoms with Crippen LogP contribution in [0.5, 0.6) is 11.5 Å². The summed E-state index contributed by atoms with van der Waals surface area (Å²) in [7, 11) is 2.92. The summed E-state index contributed by atoms with van der Waals surface area (Å²) in [6.07, 6.45) is 1.49. The van der Waals surface area contributed by atoms with Gasteiger partial charge in [-0.3, -0.25) is 9.59 Å². The van der Waals surface area contributed by atoms with E-state index in [1.54, 1.807) is 19.1 Å². The highest BCUT2D eigenvalue weighted by molar-refractivity contribution is 5.89. The maximum absolute atomic E-state index is 12.6. The van der Waals surface area contributed by atoms with Crippen LogP contribution in [-0.4, -0.2) is 47.7 Å². The van der Waals surface area contributed by atoms with Crippen molar-refractivity contribution in [2.75, 3.05) is 20.8 Å². The van der Waals surface area contributed by atoms with Crippen molar-refractivity contribution in [3.05, 3.63) is 28.7 Å². The SMILES string of the molecule is COc1ccc2cnn(CC(=O)N[C@H](C)CO)c(=O)c2c1OC. The molecule has 0 aliphatic heterocycles. The molecule has 1 heterocycles. The Balaban J connectivity index is 2.45. The highest BCUT2D eigenvalue weighted by Crippen LogP contribution is 2.32. The first-order valence-electron chi connectivity index (χ1n) is 7.02. The highest BCUT2D eigenvalue weighted by atomic mass is 16.5. The summed E-state index contributed by atoms with van der Waals surface area (Å²) >= 11 is 0. The van der Waals surface area contributed by atoms with E-state index < -0.39 is 17.5 Å². The van der Waals surface area contributed by atoms with Gasteiger partial charge in [-0.1, -0.05) is 0 Å². The number of nitrogens with one attached hydrogen (secondary N) is 1. The molecule has 8 heteroatoms. The topological polar surface area (TPSA) is 103 Å². The van der Waals surface area contributed by atoms with Crippen LogP contribution in [0.15, 0.2) is 23.1 Å². The Bertz CT molecular complexity index is 772. The van der Waals surface area contributed by atoms with Gasteiger partial charge in [-0.25, -0.2) is 4.68 Å². The molecule has 1 atom stereocenters. The van der Waals surface area contributed by atoms with E-state index in [1.807, 2.05) is 0 Å². The van der Waals surface area contributed by atoms with Gasteiger partial charge in [0.2, 0.25) is 5.91 Å². The van der Waals surface area contributed by atoms with Gasteiger partial charge in [-0.2, -0.15) is 5.10 Å². The summed E-state index contributed by atoms with van der Waals surface area (Å²) in [5.74, 6) is 0.311. The number of hydrogen-bond donors (Lipinski definition) is 2. The monoisotopic (exact) mass is 321 g/mol. The van der Waals surface area contributed by atoms with E-state index in [9.17, 15) is 9.59 Å². The van der Waals surface area contributed by atoms with E-state index in [2.05, 4.69) is 10.4 Å². The molecule has 2 N–H and O–H groups in total. The molecule has 1 aromatic heterocycles. The number of aromatic nitrogens is 2. The molecule has 1 amide bonds. The summed E-state index contributed by atoms with van der Waals surface area (Å²) in [6, 6.07) is 2.99. The number of benzene rings is 1. The van der Waals surface area contributed by atoms with Gasteiger partial charge in [0.05, 0.1) is 32.4 Å². The van der Waals surface area contributed by atoms with E-state index in [1.165, 1.54) is 20.4 Å². The number of hydrogen-bond acceptors (Lipinski definition) is 6. The minimum Gasteiger partial charge on any atom is -0.493 e. The zero-order chi connectivity index (χ0) is 17.0. The van der Waals surface area contributed by atoms with Crippen molar-refractivity contribution >= 4 is 16.7 Å². The molecule has 1 aromatic carbocycles. The Labute approximate surface area is 132 Å². The third kappa shape index (κ3) is 3.42. The summed E-state index contributed by atoms with van der Waals surface area (Å²) in [5.41, 5.74) is -0.454. The minimum absolute atomic E-state index is 0.184. The van der Waals surface area contributed by atoms with Crippen LogP contribution < -0.4 is 20.3 Å². The van der Waals surface area contributed by atoms with E-state index in [4.69, 9.17) is 14.6 Å². The predicted molar refractivity (Wildman–Crippen MR) is 83.8 cm³/mol. The Hall–Kier alpha value is -2.61. The van der Waals surface area contributed by atoms with Crippen molar-refractivity contribution in [3.63, 3.8) is 0 Å². The molecular formula is C15H19N3O5.